The van der Waals surface area contributed by atoms with Crippen molar-refractivity contribution in [1.82, 2.24) is 0 Å². The Morgan fingerprint density at radius 2 is 2.00 bits per heavy atom. The molecule has 1 aromatic rings. The summed E-state index contributed by atoms with van der Waals surface area (Å²) >= 11 is 3.59. The number of benzene rings is 1. The number of halogens is 1. The largest absolute Gasteiger partial charge is 0.497 e. The fraction of sp³-hybridized carbons (Fsp3) is 0.250. The monoisotopic (exact) mass is 304 g/mol. The Morgan fingerprint density at radius 1 is 1.28 bits per heavy atom. The molecule has 0 aromatic heterocycles. The number of ether oxygens (including phenoxy) is 1. The maximum atomic E-state index is 5.19. The smallest absolute Gasteiger partial charge is 0.118 e. The quantitative estimate of drug-likeness (QED) is 0.755. The minimum absolute atomic E-state index is 0.892. The van der Waals surface area contributed by atoms with Crippen LogP contribution in [0.4, 0.5) is 0 Å². The zero-order chi connectivity index (χ0) is 13.0. The van der Waals surface area contributed by atoms with Crippen LogP contribution in [0.1, 0.15) is 25.3 Å². The van der Waals surface area contributed by atoms with E-state index in [4.69, 9.17) is 4.74 Å². The molecule has 2 heteroatoms. The van der Waals surface area contributed by atoms with Gasteiger partial charge in [-0.3, -0.25) is 0 Å². The van der Waals surface area contributed by atoms with Crippen molar-refractivity contribution in [3.05, 3.63) is 58.1 Å². The van der Waals surface area contributed by atoms with Crippen LogP contribution in [0.15, 0.2) is 52.5 Å². The highest BCUT2D eigenvalue weighted by Gasteiger charge is 2.09. The van der Waals surface area contributed by atoms with E-state index in [1.807, 2.05) is 12.1 Å². The van der Waals surface area contributed by atoms with Crippen molar-refractivity contribution >= 4 is 21.5 Å². The number of methoxy groups -OCH3 is 1. The Kier molecular flexibility index (Phi) is 4.43. The van der Waals surface area contributed by atoms with Gasteiger partial charge in [0.1, 0.15) is 5.75 Å². The molecule has 0 N–H and O–H groups in total. The first kappa shape index (κ1) is 13.2. The first-order valence-corrected chi connectivity index (χ1v) is 6.91. The average molecular weight is 305 g/mol. The first-order chi connectivity index (χ1) is 8.74. The number of allylic oxidation sites excluding steroid dienone is 6. The number of hydrogen-bond donors (Lipinski definition) is 0. The predicted octanol–water partition coefficient (Wildman–Crippen LogP) is 5.10. The van der Waals surface area contributed by atoms with Crippen molar-refractivity contribution < 1.29 is 4.74 Å². The van der Waals surface area contributed by atoms with E-state index in [9.17, 15) is 0 Å². The summed E-state index contributed by atoms with van der Waals surface area (Å²) in [4.78, 5) is 0. The van der Waals surface area contributed by atoms with Gasteiger partial charge in [-0.25, -0.2) is 0 Å². The molecule has 94 valence electrons. The molecule has 0 radical (unpaired) electrons. The molecule has 0 fully saturated rings. The highest BCUT2D eigenvalue weighted by atomic mass is 79.9. The lowest BCUT2D eigenvalue weighted by atomic mass is 9.93. The maximum Gasteiger partial charge on any atom is 0.118 e. The van der Waals surface area contributed by atoms with Crippen molar-refractivity contribution in [3.8, 4) is 5.75 Å². The molecule has 1 aliphatic rings. The fourth-order valence-electron chi connectivity index (χ4n) is 2.12. The zero-order valence-electron chi connectivity index (χ0n) is 10.7. The number of hydrogen-bond acceptors (Lipinski definition) is 1. The summed E-state index contributed by atoms with van der Waals surface area (Å²) in [6.45, 7) is 2.08. The second-order valence-corrected chi connectivity index (χ2v) is 5.24. The molecule has 18 heavy (non-hydrogen) atoms. The summed E-state index contributed by atoms with van der Waals surface area (Å²) in [7, 11) is 1.69. The van der Waals surface area contributed by atoms with Crippen molar-refractivity contribution in [2.45, 2.75) is 19.8 Å². The standard InChI is InChI=1S/C16H17BrO/c1-3-16(13-5-4-6-14(17)11-13)12-7-9-15(18-2)10-8-12/h3,5,7-11H,4,6H2,1-2H3/b16-3-. The Labute approximate surface area is 117 Å². The summed E-state index contributed by atoms with van der Waals surface area (Å²) in [6.07, 6.45) is 8.87. The average Bonchev–Trinajstić information content (AvgIpc) is 2.40. The summed E-state index contributed by atoms with van der Waals surface area (Å²) in [5.41, 5.74) is 3.79. The predicted molar refractivity (Wildman–Crippen MR) is 81.0 cm³/mol. The van der Waals surface area contributed by atoms with Crippen LogP contribution in [-0.4, -0.2) is 7.11 Å². The molecule has 0 heterocycles. The summed E-state index contributed by atoms with van der Waals surface area (Å²) < 4.78 is 6.46. The highest BCUT2D eigenvalue weighted by Crippen LogP contribution is 2.31. The molecule has 0 spiro atoms. The molecular formula is C16H17BrO. The van der Waals surface area contributed by atoms with Gasteiger partial charge in [-0.2, -0.15) is 0 Å². The Hall–Kier alpha value is -1.28. The normalized spacial score (nSPS) is 16.1. The van der Waals surface area contributed by atoms with E-state index < -0.39 is 0 Å². The molecule has 0 saturated heterocycles. The molecule has 0 amide bonds. The van der Waals surface area contributed by atoms with E-state index in [-0.39, 0.29) is 0 Å². The second-order valence-electron chi connectivity index (χ2n) is 4.22. The van der Waals surface area contributed by atoms with Crippen molar-refractivity contribution in [3.63, 3.8) is 0 Å². The molecule has 2 rings (SSSR count). The van der Waals surface area contributed by atoms with Gasteiger partial charge in [0, 0.05) is 0 Å². The molecule has 1 aromatic carbocycles. The lowest BCUT2D eigenvalue weighted by molar-refractivity contribution is 0.415. The third-order valence-corrected chi connectivity index (χ3v) is 3.69. The zero-order valence-corrected chi connectivity index (χ0v) is 12.3. The fourth-order valence-corrected chi connectivity index (χ4v) is 2.60. The van der Waals surface area contributed by atoms with Crippen LogP contribution in [0.5, 0.6) is 5.75 Å². The molecule has 0 saturated carbocycles. The Bertz CT molecular complexity index is 506. The van der Waals surface area contributed by atoms with Crippen LogP contribution in [0.25, 0.3) is 5.57 Å². The summed E-state index contributed by atoms with van der Waals surface area (Å²) in [5.74, 6) is 0.892. The molecule has 0 atom stereocenters. The van der Waals surface area contributed by atoms with E-state index >= 15 is 0 Å². The minimum atomic E-state index is 0.892. The maximum absolute atomic E-state index is 5.19. The van der Waals surface area contributed by atoms with Gasteiger partial charge >= 0.3 is 0 Å². The Balaban J connectivity index is 2.31. The van der Waals surface area contributed by atoms with Crippen LogP contribution < -0.4 is 4.74 Å². The van der Waals surface area contributed by atoms with E-state index in [0.717, 1.165) is 18.6 Å². The molecule has 0 aliphatic heterocycles. The Morgan fingerprint density at radius 3 is 2.56 bits per heavy atom. The van der Waals surface area contributed by atoms with E-state index in [1.54, 1.807) is 7.11 Å². The third-order valence-electron chi connectivity index (χ3n) is 3.06. The number of rotatable bonds is 3. The van der Waals surface area contributed by atoms with Gasteiger partial charge in [0.15, 0.2) is 0 Å². The third kappa shape index (κ3) is 2.94. The summed E-state index contributed by atoms with van der Waals surface area (Å²) in [6, 6.07) is 8.21. The van der Waals surface area contributed by atoms with Crippen LogP contribution in [0.2, 0.25) is 0 Å². The van der Waals surface area contributed by atoms with Gasteiger partial charge < -0.3 is 4.74 Å². The van der Waals surface area contributed by atoms with E-state index in [1.165, 1.54) is 21.2 Å². The van der Waals surface area contributed by atoms with Gasteiger partial charge in [-0.1, -0.05) is 40.2 Å². The van der Waals surface area contributed by atoms with Crippen molar-refractivity contribution in [2.24, 2.45) is 0 Å². The van der Waals surface area contributed by atoms with Gasteiger partial charge in [0.25, 0.3) is 0 Å². The minimum Gasteiger partial charge on any atom is -0.497 e. The summed E-state index contributed by atoms with van der Waals surface area (Å²) in [5, 5.41) is 0. The SMILES string of the molecule is C/C=C(\C1=CCCC(Br)=C1)c1ccc(OC)cc1. The van der Waals surface area contributed by atoms with Crippen LogP contribution >= 0.6 is 15.9 Å². The molecule has 0 unspecified atom stereocenters. The lowest BCUT2D eigenvalue weighted by Crippen LogP contribution is -1.93. The highest BCUT2D eigenvalue weighted by molar-refractivity contribution is 9.11. The van der Waals surface area contributed by atoms with Gasteiger partial charge in [-0.05, 0) is 59.2 Å². The van der Waals surface area contributed by atoms with Crippen LogP contribution in [0.3, 0.4) is 0 Å². The van der Waals surface area contributed by atoms with Gasteiger partial charge in [-0.15, -0.1) is 0 Å². The molecule has 1 aliphatic carbocycles. The molecular weight excluding hydrogens is 288 g/mol. The van der Waals surface area contributed by atoms with Crippen molar-refractivity contribution in [2.75, 3.05) is 7.11 Å². The van der Waals surface area contributed by atoms with Gasteiger partial charge in [0.2, 0.25) is 0 Å². The molecule has 0 bridgehead atoms. The van der Waals surface area contributed by atoms with Crippen LogP contribution in [0, 0.1) is 0 Å². The second kappa shape index (κ2) is 6.05. The van der Waals surface area contributed by atoms with Crippen molar-refractivity contribution in [1.29, 1.82) is 0 Å². The topological polar surface area (TPSA) is 9.23 Å². The lowest BCUT2D eigenvalue weighted by Gasteiger charge is -2.14. The van der Waals surface area contributed by atoms with Crippen LogP contribution in [-0.2, 0) is 0 Å². The molecule has 1 nitrogen and oxygen atoms in total. The van der Waals surface area contributed by atoms with E-state index in [2.05, 4.69) is 53.2 Å². The van der Waals surface area contributed by atoms with E-state index in [0.29, 0.717) is 0 Å². The first-order valence-electron chi connectivity index (χ1n) is 6.12. The van der Waals surface area contributed by atoms with Gasteiger partial charge in [0.05, 0.1) is 7.11 Å².